The minimum Gasteiger partial charge on any atom is -0.397 e. The lowest BCUT2D eigenvalue weighted by Crippen LogP contribution is -2.27. The van der Waals surface area contributed by atoms with Gasteiger partial charge in [0.2, 0.25) is 0 Å². The van der Waals surface area contributed by atoms with Crippen molar-refractivity contribution in [1.29, 1.82) is 0 Å². The van der Waals surface area contributed by atoms with Crippen molar-refractivity contribution in [2.24, 2.45) is 0 Å². The van der Waals surface area contributed by atoms with Crippen LogP contribution in [-0.2, 0) is 0 Å². The van der Waals surface area contributed by atoms with Crippen LogP contribution in [0.15, 0.2) is 12.1 Å². The molecule has 106 valence electrons. The Labute approximate surface area is 133 Å². The maximum absolute atomic E-state index is 13.5. The molecule has 0 fully saturated rings. The van der Waals surface area contributed by atoms with E-state index in [0.29, 0.717) is 33.3 Å². The molecule has 2 rings (SSSR count). The Morgan fingerprint density at radius 3 is 2.00 bits per heavy atom. The lowest BCUT2D eigenvalue weighted by molar-refractivity contribution is 0.626. The molecule has 0 aliphatic rings. The van der Waals surface area contributed by atoms with Crippen LogP contribution in [-0.4, -0.2) is 15.7 Å². The van der Waals surface area contributed by atoms with E-state index in [9.17, 15) is 4.39 Å². The van der Waals surface area contributed by atoms with Crippen molar-refractivity contribution in [3.8, 4) is 11.8 Å². The van der Waals surface area contributed by atoms with Crippen LogP contribution in [0.4, 0.5) is 10.1 Å². The predicted octanol–water partition coefficient (Wildman–Crippen LogP) is 1.63. The fourth-order valence-corrected chi connectivity index (χ4v) is 2.33. The van der Waals surface area contributed by atoms with Crippen molar-refractivity contribution in [3.63, 3.8) is 0 Å². The molecule has 1 nitrogen and oxygen atoms in total. The van der Waals surface area contributed by atoms with Gasteiger partial charge in [-0.1, -0.05) is 33.9 Å². The van der Waals surface area contributed by atoms with Gasteiger partial charge in [0.05, 0.1) is 11.3 Å². The van der Waals surface area contributed by atoms with Gasteiger partial charge in [-0.25, -0.2) is 4.39 Å². The van der Waals surface area contributed by atoms with Gasteiger partial charge in [-0.3, -0.25) is 0 Å². The third-order valence-corrected chi connectivity index (χ3v) is 4.15. The molecule has 0 heterocycles. The van der Waals surface area contributed by atoms with E-state index in [0.717, 1.165) is 16.7 Å². The van der Waals surface area contributed by atoms with Crippen LogP contribution in [0.25, 0.3) is 0 Å². The summed E-state index contributed by atoms with van der Waals surface area (Å²) in [4.78, 5) is 0. The summed E-state index contributed by atoms with van der Waals surface area (Å²) in [5, 5.41) is 0. The Hall–Kier alpha value is -2.14. The van der Waals surface area contributed by atoms with Crippen LogP contribution in [0.3, 0.4) is 0 Å². The first-order chi connectivity index (χ1) is 10.2. The number of anilines is 1. The molecule has 0 atom stereocenters. The van der Waals surface area contributed by atoms with E-state index in [1.807, 2.05) is 20.8 Å². The molecule has 2 aromatic carbocycles. The van der Waals surface area contributed by atoms with Gasteiger partial charge >= 0.3 is 0 Å². The topological polar surface area (TPSA) is 26.0 Å². The number of hydrogen-bond donors (Lipinski definition) is 1. The minimum absolute atomic E-state index is 0.367. The van der Waals surface area contributed by atoms with Crippen LogP contribution in [0.5, 0.6) is 0 Å². The maximum Gasteiger partial charge on any atom is 0.124 e. The van der Waals surface area contributed by atoms with Gasteiger partial charge in [0.25, 0.3) is 0 Å². The van der Waals surface area contributed by atoms with Crippen LogP contribution in [0, 0.1) is 45.4 Å². The summed E-state index contributed by atoms with van der Waals surface area (Å²) in [6, 6.07) is 2.69. The highest BCUT2D eigenvalue weighted by atomic mass is 19.1. The Kier molecular flexibility index (Phi) is 4.37. The zero-order chi connectivity index (χ0) is 16.6. The second kappa shape index (κ2) is 5.93. The number of aryl methyl sites for hydroxylation is 1. The summed E-state index contributed by atoms with van der Waals surface area (Å²) in [6.45, 7) is 7.58. The predicted molar refractivity (Wildman–Crippen MR) is 93.0 cm³/mol. The van der Waals surface area contributed by atoms with Crippen molar-refractivity contribution in [2.75, 3.05) is 5.73 Å². The SMILES string of the molecule is [B]c1c(C)c(C)c(C)c([B])c1C#Cc1cc(F)cc(C)c1N. The summed E-state index contributed by atoms with van der Waals surface area (Å²) in [6.07, 6.45) is 0. The van der Waals surface area contributed by atoms with Gasteiger partial charge in [0, 0.05) is 5.56 Å². The number of halogens is 1. The molecule has 0 saturated carbocycles. The molecule has 0 aliphatic heterocycles. The van der Waals surface area contributed by atoms with Crippen molar-refractivity contribution in [1.82, 2.24) is 0 Å². The fraction of sp³-hybridized carbons (Fsp3) is 0.222. The van der Waals surface area contributed by atoms with Gasteiger partial charge in [-0.15, -0.1) is 0 Å². The average molecular weight is 287 g/mol. The fourth-order valence-electron chi connectivity index (χ4n) is 2.33. The molecule has 0 bridgehead atoms. The molecule has 22 heavy (non-hydrogen) atoms. The summed E-state index contributed by atoms with van der Waals surface area (Å²) in [7, 11) is 12.3. The van der Waals surface area contributed by atoms with E-state index >= 15 is 0 Å². The summed E-state index contributed by atoms with van der Waals surface area (Å²) in [5.41, 5.74) is 12.2. The lowest BCUT2D eigenvalue weighted by atomic mass is 9.74. The van der Waals surface area contributed by atoms with E-state index in [1.54, 1.807) is 6.92 Å². The number of rotatable bonds is 0. The Balaban J connectivity index is 2.64. The maximum atomic E-state index is 13.5. The molecule has 0 unspecified atom stereocenters. The highest BCUT2D eigenvalue weighted by Crippen LogP contribution is 2.18. The monoisotopic (exact) mass is 287 g/mol. The van der Waals surface area contributed by atoms with Crippen molar-refractivity contribution in [2.45, 2.75) is 27.7 Å². The van der Waals surface area contributed by atoms with Crippen LogP contribution < -0.4 is 16.7 Å². The second-order valence-corrected chi connectivity index (χ2v) is 5.51. The Morgan fingerprint density at radius 1 is 0.909 bits per heavy atom. The molecule has 4 radical (unpaired) electrons. The van der Waals surface area contributed by atoms with Gasteiger partial charge in [0.1, 0.15) is 21.5 Å². The first-order valence-corrected chi connectivity index (χ1v) is 6.96. The number of nitrogens with two attached hydrogens (primary N) is 1. The number of hydrogen-bond acceptors (Lipinski definition) is 1. The quantitative estimate of drug-likeness (QED) is 0.445. The molecule has 0 aromatic heterocycles. The zero-order valence-corrected chi connectivity index (χ0v) is 13.3. The van der Waals surface area contributed by atoms with E-state index in [4.69, 9.17) is 21.4 Å². The normalized spacial score (nSPS) is 10.2. The van der Waals surface area contributed by atoms with E-state index < -0.39 is 0 Å². The summed E-state index contributed by atoms with van der Waals surface area (Å²) >= 11 is 0. The summed E-state index contributed by atoms with van der Waals surface area (Å²) < 4.78 is 13.5. The Bertz CT molecular complexity index is 800. The average Bonchev–Trinajstić information content (AvgIpc) is 2.47. The molecule has 2 N–H and O–H groups in total. The minimum atomic E-state index is -0.367. The molecule has 0 aliphatic carbocycles. The van der Waals surface area contributed by atoms with Crippen molar-refractivity contribution < 1.29 is 4.39 Å². The van der Waals surface area contributed by atoms with Gasteiger partial charge < -0.3 is 5.73 Å². The highest BCUT2D eigenvalue weighted by molar-refractivity contribution is 6.42. The van der Waals surface area contributed by atoms with Gasteiger partial charge in [-0.2, -0.15) is 0 Å². The lowest BCUT2D eigenvalue weighted by Gasteiger charge is -2.16. The van der Waals surface area contributed by atoms with Gasteiger partial charge in [-0.05, 0) is 51.0 Å². The standard InChI is InChI=1S/C18H16B2FN/c1-9-7-14(21)8-13(18(9)22)5-6-15-16(19)11(3)10(2)12(4)17(15)20/h7-8H,22H2,1-4H3. The second-order valence-electron chi connectivity index (χ2n) is 5.51. The largest absolute Gasteiger partial charge is 0.397 e. The van der Waals surface area contributed by atoms with Crippen molar-refractivity contribution in [3.05, 3.63) is 51.3 Å². The molecule has 4 heteroatoms. The number of benzene rings is 2. The molecule has 2 aromatic rings. The first-order valence-electron chi connectivity index (χ1n) is 6.96. The molecular weight excluding hydrogens is 271 g/mol. The zero-order valence-electron chi connectivity index (χ0n) is 13.3. The third kappa shape index (κ3) is 2.76. The smallest absolute Gasteiger partial charge is 0.124 e. The molecule has 0 amide bonds. The van der Waals surface area contributed by atoms with Crippen LogP contribution in [0.1, 0.15) is 33.4 Å². The summed E-state index contributed by atoms with van der Waals surface area (Å²) in [5.74, 6) is 5.48. The Morgan fingerprint density at radius 2 is 1.45 bits per heavy atom. The van der Waals surface area contributed by atoms with E-state index in [2.05, 4.69) is 11.8 Å². The first kappa shape index (κ1) is 16.2. The third-order valence-electron chi connectivity index (χ3n) is 4.15. The van der Waals surface area contributed by atoms with E-state index in [-0.39, 0.29) is 5.82 Å². The van der Waals surface area contributed by atoms with Crippen LogP contribution in [0.2, 0.25) is 0 Å². The highest BCUT2D eigenvalue weighted by Gasteiger charge is 2.10. The van der Waals surface area contributed by atoms with E-state index in [1.165, 1.54) is 12.1 Å². The number of nitrogen functional groups attached to an aromatic ring is 1. The van der Waals surface area contributed by atoms with Crippen LogP contribution >= 0.6 is 0 Å². The van der Waals surface area contributed by atoms with Crippen molar-refractivity contribution >= 4 is 32.3 Å². The van der Waals surface area contributed by atoms with Gasteiger partial charge in [0.15, 0.2) is 0 Å². The molecule has 0 saturated heterocycles. The molecule has 0 spiro atoms. The molecular formula is C18H16B2FN.